The van der Waals surface area contributed by atoms with Gasteiger partial charge in [-0.1, -0.05) is 43.6 Å². The number of aromatic nitrogens is 2. The molecule has 1 aromatic heterocycles. The predicted molar refractivity (Wildman–Crippen MR) is 105 cm³/mol. The Hall–Kier alpha value is -1.24. The standard InChI is InChI=1S/C17H21Cl2N3O2.ClH/c1-11(2)21-8-13(23)9-24-17-15(19)5-4-14(18)16(17)12(3)22-7-6-20-10-22;/h4-7,10-11,13,21,23H,3,8-9H2,1-2H3;1H/t13-;/m0./s1. The maximum absolute atomic E-state index is 10.0. The van der Waals surface area contributed by atoms with Gasteiger partial charge >= 0.3 is 0 Å². The second-order valence-electron chi connectivity index (χ2n) is 5.68. The van der Waals surface area contributed by atoms with Crippen molar-refractivity contribution in [2.45, 2.75) is 26.0 Å². The summed E-state index contributed by atoms with van der Waals surface area (Å²) in [7, 11) is 0. The van der Waals surface area contributed by atoms with Crippen LogP contribution in [0.5, 0.6) is 5.75 Å². The number of nitrogens with zero attached hydrogens (tertiary/aromatic N) is 2. The number of aliphatic hydroxyl groups excluding tert-OH is 1. The highest BCUT2D eigenvalue weighted by molar-refractivity contribution is 6.35. The van der Waals surface area contributed by atoms with Crippen molar-refractivity contribution in [1.82, 2.24) is 14.9 Å². The monoisotopic (exact) mass is 405 g/mol. The Kier molecular flexibility index (Phi) is 8.76. The summed E-state index contributed by atoms with van der Waals surface area (Å²) in [5.74, 6) is 0.395. The molecule has 5 nitrogen and oxygen atoms in total. The molecule has 8 heteroatoms. The molecule has 0 aliphatic rings. The Balaban J connectivity index is 0.00000312. The summed E-state index contributed by atoms with van der Waals surface area (Å²) in [6.07, 6.45) is 4.35. The van der Waals surface area contributed by atoms with E-state index in [2.05, 4.69) is 16.9 Å². The summed E-state index contributed by atoms with van der Waals surface area (Å²) in [6, 6.07) is 3.62. The second-order valence-corrected chi connectivity index (χ2v) is 6.49. The second kappa shape index (κ2) is 10.0. The third kappa shape index (κ3) is 5.90. The van der Waals surface area contributed by atoms with E-state index in [0.717, 1.165) is 0 Å². The van der Waals surface area contributed by atoms with Gasteiger partial charge in [0.1, 0.15) is 18.5 Å². The Morgan fingerprint density at radius 3 is 2.64 bits per heavy atom. The van der Waals surface area contributed by atoms with Gasteiger partial charge in [0.05, 0.1) is 27.6 Å². The first kappa shape index (κ1) is 21.8. The number of aliphatic hydroxyl groups is 1. The fraction of sp³-hybridized carbons (Fsp3) is 0.353. The van der Waals surface area contributed by atoms with Gasteiger partial charge in [-0.2, -0.15) is 0 Å². The minimum Gasteiger partial charge on any atom is -0.489 e. The molecule has 0 radical (unpaired) electrons. The lowest BCUT2D eigenvalue weighted by atomic mass is 10.1. The zero-order valence-electron chi connectivity index (χ0n) is 14.1. The largest absolute Gasteiger partial charge is 0.489 e. The van der Waals surface area contributed by atoms with Crippen molar-refractivity contribution in [1.29, 1.82) is 0 Å². The van der Waals surface area contributed by atoms with Crippen molar-refractivity contribution in [3.05, 3.63) is 53.0 Å². The quantitative estimate of drug-likeness (QED) is 0.699. The maximum atomic E-state index is 10.0. The minimum absolute atomic E-state index is 0. The van der Waals surface area contributed by atoms with Gasteiger partial charge in [0.2, 0.25) is 0 Å². The van der Waals surface area contributed by atoms with Crippen LogP contribution in [0.3, 0.4) is 0 Å². The van der Waals surface area contributed by atoms with Gasteiger partial charge in [0.25, 0.3) is 0 Å². The fourth-order valence-corrected chi connectivity index (χ4v) is 2.57. The Morgan fingerprint density at radius 2 is 2.04 bits per heavy atom. The summed E-state index contributed by atoms with van der Waals surface area (Å²) in [4.78, 5) is 4.00. The fourth-order valence-electron chi connectivity index (χ4n) is 2.10. The van der Waals surface area contributed by atoms with E-state index < -0.39 is 6.10 Å². The molecule has 0 aliphatic heterocycles. The van der Waals surface area contributed by atoms with Crippen LogP contribution < -0.4 is 10.1 Å². The molecule has 0 saturated heterocycles. The first-order valence-corrected chi connectivity index (χ1v) is 8.35. The van der Waals surface area contributed by atoms with Crippen molar-refractivity contribution in [3.63, 3.8) is 0 Å². The third-order valence-corrected chi connectivity index (χ3v) is 3.96. The number of rotatable bonds is 8. The van der Waals surface area contributed by atoms with Crippen LogP contribution in [0.25, 0.3) is 5.70 Å². The molecule has 138 valence electrons. The zero-order valence-corrected chi connectivity index (χ0v) is 16.4. The summed E-state index contributed by atoms with van der Waals surface area (Å²) in [5.41, 5.74) is 1.16. The zero-order chi connectivity index (χ0) is 17.7. The lowest BCUT2D eigenvalue weighted by Gasteiger charge is -2.19. The van der Waals surface area contributed by atoms with Gasteiger partial charge in [-0.3, -0.25) is 0 Å². The molecule has 0 unspecified atom stereocenters. The molecular formula is C17H22Cl3N3O2. The highest BCUT2D eigenvalue weighted by Crippen LogP contribution is 2.38. The Morgan fingerprint density at radius 1 is 1.36 bits per heavy atom. The normalized spacial score (nSPS) is 11.9. The maximum Gasteiger partial charge on any atom is 0.148 e. The first-order valence-electron chi connectivity index (χ1n) is 7.60. The van der Waals surface area contributed by atoms with E-state index in [1.165, 1.54) is 0 Å². The molecule has 2 N–H and O–H groups in total. The van der Waals surface area contributed by atoms with Crippen molar-refractivity contribution >= 4 is 41.3 Å². The van der Waals surface area contributed by atoms with Crippen LogP contribution in [-0.2, 0) is 0 Å². The van der Waals surface area contributed by atoms with Crippen LogP contribution >= 0.6 is 35.6 Å². The molecule has 1 heterocycles. The lowest BCUT2D eigenvalue weighted by molar-refractivity contribution is 0.104. The van der Waals surface area contributed by atoms with E-state index in [-0.39, 0.29) is 25.1 Å². The van der Waals surface area contributed by atoms with Crippen LogP contribution in [0, 0.1) is 0 Å². The lowest BCUT2D eigenvalue weighted by Crippen LogP contribution is -2.35. The average Bonchev–Trinajstić information content (AvgIpc) is 3.07. The molecule has 0 bridgehead atoms. The molecule has 25 heavy (non-hydrogen) atoms. The smallest absolute Gasteiger partial charge is 0.148 e. The minimum atomic E-state index is -0.670. The van der Waals surface area contributed by atoms with Crippen LogP contribution in [0.4, 0.5) is 0 Å². The number of benzene rings is 1. The van der Waals surface area contributed by atoms with Crippen molar-refractivity contribution in [2.24, 2.45) is 0 Å². The highest BCUT2D eigenvalue weighted by atomic mass is 35.5. The summed E-state index contributed by atoms with van der Waals surface area (Å²) in [5, 5.41) is 14.0. The van der Waals surface area contributed by atoms with Crippen molar-refractivity contribution in [2.75, 3.05) is 13.2 Å². The number of hydrogen-bond acceptors (Lipinski definition) is 4. The third-order valence-electron chi connectivity index (χ3n) is 3.35. The number of halogens is 3. The summed E-state index contributed by atoms with van der Waals surface area (Å²) in [6.45, 7) is 8.57. The number of imidazole rings is 1. The molecule has 1 aromatic carbocycles. The van der Waals surface area contributed by atoms with E-state index in [4.69, 9.17) is 27.9 Å². The molecule has 2 aromatic rings. The number of nitrogens with one attached hydrogen (secondary N) is 1. The Labute approximate surface area is 164 Å². The average molecular weight is 407 g/mol. The van der Waals surface area contributed by atoms with Gasteiger partial charge in [0.15, 0.2) is 0 Å². The molecule has 2 rings (SSSR count). The van der Waals surface area contributed by atoms with Crippen LogP contribution in [0.1, 0.15) is 19.4 Å². The van der Waals surface area contributed by atoms with Gasteiger partial charge in [0, 0.05) is 25.0 Å². The van der Waals surface area contributed by atoms with Crippen molar-refractivity contribution in [3.8, 4) is 5.75 Å². The SMILES string of the molecule is C=C(c1c(Cl)ccc(Cl)c1OC[C@@H](O)CNC(C)C)n1ccnc1.Cl. The van der Waals surface area contributed by atoms with E-state index in [9.17, 15) is 5.11 Å². The first-order chi connectivity index (χ1) is 11.4. The van der Waals surface area contributed by atoms with Gasteiger partial charge in [-0.15, -0.1) is 12.4 Å². The molecular weight excluding hydrogens is 385 g/mol. The highest BCUT2D eigenvalue weighted by Gasteiger charge is 2.18. The number of hydrogen-bond donors (Lipinski definition) is 2. The topological polar surface area (TPSA) is 59.3 Å². The van der Waals surface area contributed by atoms with E-state index in [1.807, 2.05) is 13.8 Å². The van der Waals surface area contributed by atoms with Crippen LogP contribution in [-0.4, -0.2) is 40.0 Å². The van der Waals surface area contributed by atoms with E-state index in [1.54, 1.807) is 35.4 Å². The van der Waals surface area contributed by atoms with Gasteiger partial charge < -0.3 is 19.7 Å². The molecule has 0 fully saturated rings. The van der Waals surface area contributed by atoms with Gasteiger partial charge in [-0.05, 0) is 12.1 Å². The molecule has 0 aliphatic carbocycles. The van der Waals surface area contributed by atoms with Crippen LogP contribution in [0.15, 0.2) is 37.4 Å². The molecule has 1 atom stereocenters. The van der Waals surface area contributed by atoms with Gasteiger partial charge in [-0.25, -0.2) is 4.98 Å². The summed E-state index contributed by atoms with van der Waals surface area (Å²) < 4.78 is 7.48. The predicted octanol–water partition coefficient (Wildman–Crippen LogP) is 3.87. The van der Waals surface area contributed by atoms with Crippen molar-refractivity contribution < 1.29 is 9.84 Å². The molecule has 0 spiro atoms. The van der Waals surface area contributed by atoms with E-state index in [0.29, 0.717) is 33.6 Å². The molecule has 0 amide bonds. The van der Waals surface area contributed by atoms with Crippen LogP contribution in [0.2, 0.25) is 10.0 Å². The van der Waals surface area contributed by atoms with E-state index >= 15 is 0 Å². The Bertz CT molecular complexity index is 691. The molecule has 0 saturated carbocycles. The summed E-state index contributed by atoms with van der Waals surface area (Å²) >= 11 is 12.6. The number of ether oxygens (including phenoxy) is 1.